The van der Waals surface area contributed by atoms with Gasteiger partial charge in [-0.05, 0) is 17.7 Å². The number of hydrogen-bond donors (Lipinski definition) is 1. The van der Waals surface area contributed by atoms with Crippen LogP contribution in [0.5, 0.6) is 5.75 Å². The summed E-state index contributed by atoms with van der Waals surface area (Å²) in [5.41, 5.74) is 1.39. The molecule has 1 rings (SSSR count). The first-order chi connectivity index (χ1) is 9.17. The van der Waals surface area contributed by atoms with Gasteiger partial charge >= 0.3 is 0 Å². The van der Waals surface area contributed by atoms with Crippen LogP contribution >= 0.6 is 0 Å². The third-order valence-electron chi connectivity index (χ3n) is 2.24. The van der Waals surface area contributed by atoms with Crippen molar-refractivity contribution >= 4 is 0 Å². The van der Waals surface area contributed by atoms with Crippen LogP contribution in [-0.4, -0.2) is 31.9 Å². The molecule has 0 heterocycles. The lowest BCUT2D eigenvalue weighted by molar-refractivity contribution is 0.00986. The summed E-state index contributed by atoms with van der Waals surface area (Å²) in [5, 5.41) is 8.67. The van der Waals surface area contributed by atoms with Crippen LogP contribution in [0.3, 0.4) is 0 Å². The van der Waals surface area contributed by atoms with Gasteiger partial charge in [0.05, 0.1) is 25.9 Å². The second-order valence-electron chi connectivity index (χ2n) is 3.72. The fraction of sp³-hybridized carbons (Fsp3) is 0.429. The van der Waals surface area contributed by atoms with Crippen LogP contribution in [0.1, 0.15) is 17.5 Å². The standard InChI is InChI=1S/C14H16F2O3/c1-18-13-6-5-11(9-19-10-14(15)16)8-12(13)4-2-3-7-17/h5-6,8,14,17H,3,7,9-10H2,1H3. The average Bonchev–Trinajstić information content (AvgIpc) is 2.39. The van der Waals surface area contributed by atoms with Crippen molar-refractivity contribution in [2.75, 3.05) is 20.3 Å². The van der Waals surface area contributed by atoms with E-state index in [2.05, 4.69) is 11.8 Å². The van der Waals surface area contributed by atoms with Crippen molar-refractivity contribution in [1.29, 1.82) is 0 Å². The Morgan fingerprint density at radius 3 is 2.79 bits per heavy atom. The van der Waals surface area contributed by atoms with E-state index < -0.39 is 13.0 Å². The van der Waals surface area contributed by atoms with Crippen molar-refractivity contribution in [3.63, 3.8) is 0 Å². The molecule has 0 fully saturated rings. The SMILES string of the molecule is COc1ccc(COCC(F)F)cc1C#CCCO. The summed E-state index contributed by atoms with van der Waals surface area (Å²) in [7, 11) is 1.53. The molecule has 0 spiro atoms. The van der Waals surface area contributed by atoms with Crippen molar-refractivity contribution in [1.82, 2.24) is 0 Å². The van der Waals surface area contributed by atoms with Crippen LogP contribution in [0.2, 0.25) is 0 Å². The van der Waals surface area contributed by atoms with Crippen LogP contribution in [0.25, 0.3) is 0 Å². The van der Waals surface area contributed by atoms with E-state index in [0.29, 0.717) is 17.7 Å². The summed E-state index contributed by atoms with van der Waals surface area (Å²) < 4.78 is 33.9. The van der Waals surface area contributed by atoms with E-state index in [0.717, 1.165) is 5.56 Å². The quantitative estimate of drug-likeness (QED) is 0.805. The lowest BCUT2D eigenvalue weighted by atomic mass is 10.1. The largest absolute Gasteiger partial charge is 0.495 e. The molecule has 0 atom stereocenters. The molecule has 0 saturated carbocycles. The van der Waals surface area contributed by atoms with Gasteiger partial charge in [0.15, 0.2) is 0 Å². The number of ether oxygens (including phenoxy) is 2. The topological polar surface area (TPSA) is 38.7 Å². The van der Waals surface area contributed by atoms with E-state index in [-0.39, 0.29) is 13.2 Å². The summed E-state index contributed by atoms with van der Waals surface area (Å²) >= 11 is 0. The van der Waals surface area contributed by atoms with E-state index in [4.69, 9.17) is 14.6 Å². The van der Waals surface area contributed by atoms with Crippen molar-refractivity contribution in [2.45, 2.75) is 19.5 Å². The van der Waals surface area contributed by atoms with Crippen molar-refractivity contribution in [2.24, 2.45) is 0 Å². The van der Waals surface area contributed by atoms with Crippen LogP contribution in [0.4, 0.5) is 8.78 Å². The Hall–Kier alpha value is -1.64. The Morgan fingerprint density at radius 2 is 2.16 bits per heavy atom. The maximum Gasteiger partial charge on any atom is 0.261 e. The summed E-state index contributed by atoms with van der Waals surface area (Å²) in [6.45, 7) is -0.493. The lowest BCUT2D eigenvalue weighted by Gasteiger charge is -2.07. The zero-order chi connectivity index (χ0) is 14.1. The predicted octanol–water partition coefficient (Wildman–Crippen LogP) is 2.21. The number of methoxy groups -OCH3 is 1. The summed E-state index contributed by atoms with van der Waals surface area (Å²) in [6.07, 6.45) is -2.10. The van der Waals surface area contributed by atoms with E-state index in [1.54, 1.807) is 18.2 Å². The first-order valence-electron chi connectivity index (χ1n) is 5.80. The molecule has 0 aliphatic carbocycles. The van der Waals surface area contributed by atoms with Crippen molar-refractivity contribution < 1.29 is 23.4 Å². The molecule has 0 aromatic heterocycles. The van der Waals surface area contributed by atoms with Gasteiger partial charge < -0.3 is 14.6 Å². The molecule has 1 aromatic carbocycles. The molecule has 19 heavy (non-hydrogen) atoms. The maximum atomic E-state index is 12.0. The molecule has 104 valence electrons. The molecule has 0 radical (unpaired) electrons. The fourth-order valence-corrected chi connectivity index (χ4v) is 1.42. The summed E-state index contributed by atoms with van der Waals surface area (Å²) in [5.74, 6) is 6.25. The van der Waals surface area contributed by atoms with Crippen molar-refractivity contribution in [3.8, 4) is 17.6 Å². The van der Waals surface area contributed by atoms with Gasteiger partial charge in [0.25, 0.3) is 6.43 Å². The highest BCUT2D eigenvalue weighted by Crippen LogP contribution is 2.19. The molecule has 3 nitrogen and oxygen atoms in total. The number of benzene rings is 1. The Bertz CT molecular complexity index is 450. The van der Waals surface area contributed by atoms with Crippen molar-refractivity contribution in [3.05, 3.63) is 29.3 Å². The first kappa shape index (κ1) is 15.4. The molecule has 1 aromatic rings. The van der Waals surface area contributed by atoms with E-state index in [9.17, 15) is 8.78 Å². The lowest BCUT2D eigenvalue weighted by Crippen LogP contribution is -2.04. The molecular weight excluding hydrogens is 254 g/mol. The minimum absolute atomic E-state index is 0.00743. The number of aliphatic hydroxyl groups excluding tert-OH is 1. The third-order valence-corrected chi connectivity index (χ3v) is 2.24. The van der Waals surface area contributed by atoms with Crippen LogP contribution < -0.4 is 4.74 Å². The Balaban J connectivity index is 2.75. The van der Waals surface area contributed by atoms with E-state index in [1.807, 2.05) is 0 Å². The molecule has 0 unspecified atom stereocenters. The monoisotopic (exact) mass is 270 g/mol. The molecule has 0 saturated heterocycles. The fourth-order valence-electron chi connectivity index (χ4n) is 1.42. The molecular formula is C14H16F2O3. The van der Waals surface area contributed by atoms with E-state index >= 15 is 0 Å². The molecule has 0 amide bonds. The molecule has 1 N–H and O–H groups in total. The Labute approximate surface area is 111 Å². The zero-order valence-corrected chi connectivity index (χ0v) is 10.7. The molecule has 0 bridgehead atoms. The summed E-state index contributed by atoms with van der Waals surface area (Å²) in [4.78, 5) is 0. The first-order valence-corrected chi connectivity index (χ1v) is 5.80. The Kier molecular flexibility index (Phi) is 6.86. The van der Waals surface area contributed by atoms with Gasteiger partial charge in [-0.25, -0.2) is 8.78 Å². The number of alkyl halides is 2. The second kappa shape index (κ2) is 8.46. The highest BCUT2D eigenvalue weighted by molar-refractivity contribution is 5.48. The molecule has 0 aliphatic rings. The van der Waals surface area contributed by atoms with Crippen LogP contribution in [-0.2, 0) is 11.3 Å². The van der Waals surface area contributed by atoms with Gasteiger partial charge in [0.2, 0.25) is 0 Å². The maximum absolute atomic E-state index is 12.0. The normalized spacial score (nSPS) is 10.2. The molecule has 5 heteroatoms. The number of halogens is 2. The van der Waals surface area contributed by atoms with Crippen LogP contribution in [0.15, 0.2) is 18.2 Å². The smallest absolute Gasteiger partial charge is 0.261 e. The zero-order valence-electron chi connectivity index (χ0n) is 10.7. The van der Waals surface area contributed by atoms with Gasteiger partial charge in [-0.1, -0.05) is 17.9 Å². The summed E-state index contributed by atoms with van der Waals surface area (Å²) in [6, 6.07) is 5.18. The molecule has 0 aliphatic heterocycles. The minimum atomic E-state index is -2.47. The minimum Gasteiger partial charge on any atom is -0.495 e. The van der Waals surface area contributed by atoms with Gasteiger partial charge in [0.1, 0.15) is 12.4 Å². The van der Waals surface area contributed by atoms with Gasteiger partial charge in [-0.15, -0.1) is 0 Å². The highest BCUT2D eigenvalue weighted by atomic mass is 19.3. The number of hydrogen-bond acceptors (Lipinski definition) is 3. The number of rotatable bonds is 6. The predicted molar refractivity (Wildman–Crippen MR) is 67.2 cm³/mol. The van der Waals surface area contributed by atoms with Crippen LogP contribution in [0, 0.1) is 11.8 Å². The highest BCUT2D eigenvalue weighted by Gasteiger charge is 2.05. The average molecular weight is 270 g/mol. The number of aliphatic hydroxyl groups is 1. The Morgan fingerprint density at radius 1 is 1.37 bits per heavy atom. The second-order valence-corrected chi connectivity index (χ2v) is 3.72. The third kappa shape index (κ3) is 5.69. The van der Waals surface area contributed by atoms with Gasteiger partial charge in [-0.2, -0.15) is 0 Å². The van der Waals surface area contributed by atoms with Gasteiger partial charge in [-0.3, -0.25) is 0 Å². The van der Waals surface area contributed by atoms with Gasteiger partial charge in [0, 0.05) is 6.42 Å². The van der Waals surface area contributed by atoms with E-state index in [1.165, 1.54) is 7.11 Å².